The number of halogens is 1. The number of carbonyl (C=O) groups excluding carboxylic acids is 1. The van der Waals surface area contributed by atoms with Crippen molar-refractivity contribution in [1.82, 2.24) is 4.98 Å². The van der Waals surface area contributed by atoms with Gasteiger partial charge in [-0.2, -0.15) is 0 Å². The van der Waals surface area contributed by atoms with Gasteiger partial charge in [-0.15, -0.1) is 0 Å². The first kappa shape index (κ1) is 13.9. The largest absolute Gasteiger partial charge is 0.465 e. The third kappa shape index (κ3) is 2.72. The molecule has 108 valence electrons. The average Bonchev–Trinajstić information content (AvgIpc) is 2.92. The highest BCUT2D eigenvalue weighted by molar-refractivity contribution is 6.33. The third-order valence-electron chi connectivity index (χ3n) is 3.67. The maximum Gasteiger partial charge on any atom is 0.339 e. The fourth-order valence-electron chi connectivity index (χ4n) is 2.64. The minimum atomic E-state index is -0.436. The minimum Gasteiger partial charge on any atom is -0.465 e. The molecule has 1 atom stereocenters. The van der Waals surface area contributed by atoms with Crippen LogP contribution in [-0.4, -0.2) is 18.1 Å². The van der Waals surface area contributed by atoms with Gasteiger partial charge in [0.25, 0.3) is 0 Å². The van der Waals surface area contributed by atoms with Crippen molar-refractivity contribution in [3.05, 3.63) is 58.4 Å². The van der Waals surface area contributed by atoms with E-state index in [1.54, 1.807) is 18.3 Å². The molecule has 0 aliphatic heterocycles. The molecule has 1 N–H and O–H groups in total. The smallest absolute Gasteiger partial charge is 0.339 e. The normalized spacial score (nSPS) is 16.4. The van der Waals surface area contributed by atoms with Crippen molar-refractivity contribution in [2.45, 2.75) is 18.9 Å². The van der Waals surface area contributed by atoms with Crippen LogP contribution in [0.5, 0.6) is 0 Å². The van der Waals surface area contributed by atoms with Crippen LogP contribution < -0.4 is 5.32 Å². The molecule has 0 bridgehead atoms. The summed E-state index contributed by atoms with van der Waals surface area (Å²) in [5.74, 6) is -0.436. The number of ether oxygens (including phenoxy) is 1. The van der Waals surface area contributed by atoms with E-state index in [9.17, 15) is 4.79 Å². The van der Waals surface area contributed by atoms with E-state index in [2.05, 4.69) is 16.4 Å². The lowest BCUT2D eigenvalue weighted by Gasteiger charge is -2.15. The summed E-state index contributed by atoms with van der Waals surface area (Å²) in [5.41, 5.74) is 3.55. The second-order valence-electron chi connectivity index (χ2n) is 4.97. The van der Waals surface area contributed by atoms with Crippen molar-refractivity contribution in [2.24, 2.45) is 0 Å². The zero-order valence-corrected chi connectivity index (χ0v) is 12.4. The molecule has 0 fully saturated rings. The molecule has 5 heteroatoms. The predicted octanol–water partition coefficient (Wildman–Crippen LogP) is 3.62. The third-order valence-corrected chi connectivity index (χ3v) is 4.00. The van der Waals surface area contributed by atoms with Crippen LogP contribution in [0, 0.1) is 0 Å². The first-order valence-corrected chi connectivity index (χ1v) is 7.15. The molecule has 0 spiro atoms. The summed E-state index contributed by atoms with van der Waals surface area (Å²) < 4.78 is 4.73. The number of aromatic nitrogens is 1. The van der Waals surface area contributed by atoms with E-state index in [-0.39, 0.29) is 6.04 Å². The second kappa shape index (κ2) is 5.74. The van der Waals surface area contributed by atoms with Crippen molar-refractivity contribution in [2.75, 3.05) is 12.4 Å². The number of pyridine rings is 1. The molecule has 0 saturated heterocycles. The number of hydrogen-bond donors (Lipinski definition) is 1. The van der Waals surface area contributed by atoms with Crippen molar-refractivity contribution in [1.29, 1.82) is 0 Å². The van der Waals surface area contributed by atoms with E-state index in [0.29, 0.717) is 10.6 Å². The zero-order chi connectivity index (χ0) is 14.8. The number of nitrogens with zero attached hydrogens (tertiary/aromatic N) is 1. The van der Waals surface area contributed by atoms with Crippen LogP contribution in [0.4, 0.5) is 5.69 Å². The van der Waals surface area contributed by atoms with Crippen LogP contribution in [0.2, 0.25) is 5.02 Å². The fourth-order valence-corrected chi connectivity index (χ4v) is 2.83. The van der Waals surface area contributed by atoms with Gasteiger partial charge in [-0.1, -0.05) is 17.7 Å². The van der Waals surface area contributed by atoms with E-state index in [1.165, 1.54) is 12.7 Å². The molecule has 1 aliphatic rings. The molecule has 1 aromatic heterocycles. The molecule has 1 aliphatic carbocycles. The van der Waals surface area contributed by atoms with Crippen molar-refractivity contribution in [3.8, 4) is 0 Å². The maximum atomic E-state index is 11.7. The van der Waals surface area contributed by atoms with E-state index < -0.39 is 5.97 Å². The Balaban J connectivity index is 1.85. The number of hydrogen-bond acceptors (Lipinski definition) is 4. The Morgan fingerprint density at radius 2 is 2.29 bits per heavy atom. The number of benzene rings is 1. The van der Waals surface area contributed by atoms with Gasteiger partial charge in [0.2, 0.25) is 0 Å². The van der Waals surface area contributed by atoms with Gasteiger partial charge in [0.05, 0.1) is 29.4 Å². The van der Waals surface area contributed by atoms with Crippen LogP contribution in [0.3, 0.4) is 0 Å². The lowest BCUT2D eigenvalue weighted by Crippen LogP contribution is -2.10. The summed E-state index contributed by atoms with van der Waals surface area (Å²) in [7, 11) is 1.34. The summed E-state index contributed by atoms with van der Waals surface area (Å²) in [6.07, 6.45) is 3.81. The number of carbonyl (C=O) groups is 1. The molecule has 21 heavy (non-hydrogen) atoms. The molecule has 1 unspecified atom stereocenters. The Morgan fingerprint density at radius 1 is 1.43 bits per heavy atom. The van der Waals surface area contributed by atoms with Crippen molar-refractivity contribution >= 4 is 23.3 Å². The van der Waals surface area contributed by atoms with Crippen molar-refractivity contribution in [3.63, 3.8) is 0 Å². The Hall–Kier alpha value is -2.07. The highest BCUT2D eigenvalue weighted by atomic mass is 35.5. The molecule has 0 amide bonds. The highest BCUT2D eigenvalue weighted by Gasteiger charge is 2.23. The van der Waals surface area contributed by atoms with Crippen LogP contribution in [0.25, 0.3) is 0 Å². The molecule has 1 aromatic carbocycles. The van der Waals surface area contributed by atoms with Gasteiger partial charge in [-0.3, -0.25) is 4.98 Å². The van der Waals surface area contributed by atoms with Crippen molar-refractivity contribution < 1.29 is 9.53 Å². The van der Waals surface area contributed by atoms with E-state index in [1.807, 2.05) is 12.1 Å². The number of fused-ring (bicyclic) bond motifs is 1. The number of rotatable bonds is 3. The lowest BCUT2D eigenvalue weighted by atomic mass is 10.1. The topological polar surface area (TPSA) is 51.2 Å². The highest BCUT2D eigenvalue weighted by Crippen LogP contribution is 2.33. The monoisotopic (exact) mass is 302 g/mol. The van der Waals surface area contributed by atoms with Crippen LogP contribution in [-0.2, 0) is 11.2 Å². The summed E-state index contributed by atoms with van der Waals surface area (Å²) in [5, 5.41) is 3.80. The van der Waals surface area contributed by atoms with Gasteiger partial charge in [-0.05, 0) is 42.7 Å². The van der Waals surface area contributed by atoms with Gasteiger partial charge in [0.15, 0.2) is 0 Å². The molecular weight excluding hydrogens is 288 g/mol. The molecule has 3 rings (SSSR count). The Bertz CT molecular complexity index is 688. The Kier molecular flexibility index (Phi) is 3.80. The SMILES string of the molecule is COC(=O)c1cc(NC2CCc3cccnc32)ccc1Cl. The Labute approximate surface area is 128 Å². The summed E-state index contributed by atoms with van der Waals surface area (Å²) in [6, 6.07) is 9.49. The molecule has 2 aromatic rings. The molecular formula is C16H15ClN2O2. The quantitative estimate of drug-likeness (QED) is 0.880. The fraction of sp³-hybridized carbons (Fsp3) is 0.250. The number of anilines is 1. The molecule has 0 saturated carbocycles. The molecule has 1 heterocycles. The van der Waals surface area contributed by atoms with Gasteiger partial charge in [-0.25, -0.2) is 4.79 Å². The van der Waals surface area contributed by atoms with Crippen LogP contribution in [0.15, 0.2) is 36.5 Å². The van der Waals surface area contributed by atoms with Crippen LogP contribution >= 0.6 is 11.6 Å². The summed E-state index contributed by atoms with van der Waals surface area (Å²) in [4.78, 5) is 16.1. The van der Waals surface area contributed by atoms with E-state index >= 15 is 0 Å². The standard InChI is InChI=1S/C16H15ClN2O2/c1-21-16(20)12-9-11(5-6-13(12)17)19-14-7-4-10-3-2-8-18-15(10)14/h2-3,5-6,8-9,14,19H,4,7H2,1H3. The predicted molar refractivity (Wildman–Crippen MR) is 81.7 cm³/mol. The number of aryl methyl sites for hydroxylation is 1. The minimum absolute atomic E-state index is 0.160. The van der Waals surface area contributed by atoms with Crippen LogP contribution in [0.1, 0.15) is 34.1 Å². The maximum absolute atomic E-state index is 11.7. The van der Waals surface area contributed by atoms with Gasteiger partial charge in [0, 0.05) is 11.9 Å². The summed E-state index contributed by atoms with van der Waals surface area (Å²) in [6.45, 7) is 0. The van der Waals surface area contributed by atoms with E-state index in [0.717, 1.165) is 24.2 Å². The number of esters is 1. The summed E-state index contributed by atoms with van der Waals surface area (Å²) >= 11 is 6.03. The van der Waals surface area contributed by atoms with Gasteiger partial charge < -0.3 is 10.1 Å². The number of methoxy groups -OCH3 is 1. The average molecular weight is 303 g/mol. The number of nitrogens with one attached hydrogen (secondary N) is 1. The van der Waals surface area contributed by atoms with Gasteiger partial charge in [0.1, 0.15) is 0 Å². The first-order valence-electron chi connectivity index (χ1n) is 6.77. The molecule has 0 radical (unpaired) electrons. The lowest BCUT2D eigenvalue weighted by molar-refractivity contribution is 0.0601. The second-order valence-corrected chi connectivity index (χ2v) is 5.38. The first-order chi connectivity index (χ1) is 10.2. The van der Waals surface area contributed by atoms with E-state index in [4.69, 9.17) is 16.3 Å². The molecule has 4 nitrogen and oxygen atoms in total. The Morgan fingerprint density at radius 3 is 3.10 bits per heavy atom. The zero-order valence-electron chi connectivity index (χ0n) is 11.6. The van der Waals surface area contributed by atoms with Gasteiger partial charge >= 0.3 is 5.97 Å².